The molecule has 2 N–H and O–H groups in total. The van der Waals surface area contributed by atoms with Crippen LogP contribution in [-0.4, -0.2) is 18.4 Å². The van der Waals surface area contributed by atoms with E-state index in [-0.39, 0.29) is 0 Å². The summed E-state index contributed by atoms with van der Waals surface area (Å²) in [6.07, 6.45) is 0. The molecule has 0 saturated heterocycles. The van der Waals surface area contributed by atoms with Gasteiger partial charge in [-0.3, -0.25) is 9.59 Å². The van der Waals surface area contributed by atoms with Crippen LogP contribution in [0.15, 0.2) is 36.4 Å². The van der Waals surface area contributed by atoms with Crippen LogP contribution in [0, 0.1) is 22.9 Å². The van der Waals surface area contributed by atoms with Gasteiger partial charge in [-0.2, -0.15) is 0 Å². The third-order valence-corrected chi connectivity index (χ3v) is 3.85. The van der Waals surface area contributed by atoms with Crippen molar-refractivity contribution in [2.75, 3.05) is 17.2 Å². The summed E-state index contributed by atoms with van der Waals surface area (Å²) in [4.78, 5) is 25.0. The Labute approximate surface area is 154 Å². The number of amides is 2. The van der Waals surface area contributed by atoms with E-state index in [1.54, 1.807) is 31.2 Å². The van der Waals surface area contributed by atoms with Crippen LogP contribution in [-0.2, 0) is 9.59 Å². The molecule has 144 valence electrons. The monoisotopic (exact) mass is 380 g/mol. The summed E-state index contributed by atoms with van der Waals surface area (Å²) >= 11 is 0. The molecule has 2 rings (SSSR count). The fourth-order valence-corrected chi connectivity index (χ4v) is 2.13. The zero-order chi connectivity index (χ0) is 20.2. The molecule has 0 atom stereocenters. The third kappa shape index (κ3) is 4.39. The average Bonchev–Trinajstić information content (AvgIpc) is 2.63. The maximum Gasteiger partial charge on any atom is 0.239 e. The fourth-order valence-electron chi connectivity index (χ4n) is 2.13. The Bertz CT molecular complexity index is 869. The van der Waals surface area contributed by atoms with Crippen LogP contribution in [0.3, 0.4) is 0 Å². The van der Waals surface area contributed by atoms with Crippen molar-refractivity contribution in [3.05, 3.63) is 53.8 Å². The smallest absolute Gasteiger partial charge is 0.239 e. The van der Waals surface area contributed by atoms with E-state index in [4.69, 9.17) is 4.74 Å². The van der Waals surface area contributed by atoms with Crippen molar-refractivity contribution in [2.24, 2.45) is 5.41 Å². The van der Waals surface area contributed by atoms with Crippen molar-refractivity contribution in [2.45, 2.75) is 20.8 Å². The number of ether oxygens (including phenoxy) is 1. The number of para-hydroxylation sites is 2. The Morgan fingerprint density at radius 1 is 0.926 bits per heavy atom. The number of benzene rings is 2. The molecule has 0 aliphatic heterocycles. The number of nitrogens with one attached hydrogen (secondary N) is 2. The number of hydrogen-bond donors (Lipinski definition) is 2. The van der Waals surface area contributed by atoms with Gasteiger partial charge in [-0.25, -0.2) is 13.2 Å². The highest BCUT2D eigenvalue weighted by atomic mass is 19.2. The predicted molar refractivity (Wildman–Crippen MR) is 95.0 cm³/mol. The van der Waals surface area contributed by atoms with Gasteiger partial charge in [-0.1, -0.05) is 12.1 Å². The molecule has 0 radical (unpaired) electrons. The molecule has 0 spiro atoms. The van der Waals surface area contributed by atoms with Crippen molar-refractivity contribution in [3.63, 3.8) is 0 Å². The van der Waals surface area contributed by atoms with Gasteiger partial charge < -0.3 is 15.4 Å². The van der Waals surface area contributed by atoms with Gasteiger partial charge in [0.05, 0.1) is 18.0 Å². The van der Waals surface area contributed by atoms with E-state index in [9.17, 15) is 22.8 Å². The summed E-state index contributed by atoms with van der Waals surface area (Å²) in [6.45, 7) is 4.80. The Balaban J connectivity index is 2.18. The number of carbonyl (C=O) groups is 2. The number of rotatable bonds is 6. The predicted octanol–water partition coefficient (Wildman–Crippen LogP) is 4.11. The topological polar surface area (TPSA) is 67.4 Å². The Morgan fingerprint density at radius 2 is 1.52 bits per heavy atom. The first-order valence-electron chi connectivity index (χ1n) is 8.16. The zero-order valence-electron chi connectivity index (χ0n) is 15.0. The molecule has 8 heteroatoms. The van der Waals surface area contributed by atoms with Crippen LogP contribution >= 0.6 is 0 Å². The number of carbonyl (C=O) groups excluding carboxylic acids is 2. The van der Waals surface area contributed by atoms with E-state index in [2.05, 4.69) is 10.6 Å². The highest BCUT2D eigenvalue weighted by molar-refractivity contribution is 6.14. The molecule has 0 aliphatic carbocycles. The van der Waals surface area contributed by atoms with E-state index in [1.807, 2.05) is 0 Å². The van der Waals surface area contributed by atoms with Crippen LogP contribution in [0.5, 0.6) is 5.75 Å². The highest BCUT2D eigenvalue weighted by Gasteiger charge is 2.37. The first kappa shape index (κ1) is 20.3. The van der Waals surface area contributed by atoms with E-state index in [1.165, 1.54) is 13.8 Å². The third-order valence-electron chi connectivity index (χ3n) is 3.85. The van der Waals surface area contributed by atoms with E-state index in [0.29, 0.717) is 24.1 Å². The summed E-state index contributed by atoms with van der Waals surface area (Å²) < 4.78 is 45.5. The van der Waals surface area contributed by atoms with Crippen LogP contribution in [0.4, 0.5) is 24.5 Å². The van der Waals surface area contributed by atoms with Gasteiger partial charge in [0.1, 0.15) is 11.2 Å². The van der Waals surface area contributed by atoms with Crippen molar-refractivity contribution in [3.8, 4) is 5.75 Å². The lowest BCUT2D eigenvalue weighted by Gasteiger charge is -2.23. The second-order valence-electron chi connectivity index (χ2n) is 6.19. The molecule has 0 unspecified atom stereocenters. The normalized spacial score (nSPS) is 11.0. The molecule has 0 fully saturated rings. The molecule has 0 saturated carbocycles. The maximum atomic E-state index is 13.7. The average molecular weight is 380 g/mol. The lowest BCUT2D eigenvalue weighted by Crippen LogP contribution is -2.41. The van der Waals surface area contributed by atoms with Crippen molar-refractivity contribution in [1.82, 2.24) is 0 Å². The van der Waals surface area contributed by atoms with E-state index < -0.39 is 40.4 Å². The van der Waals surface area contributed by atoms with Crippen LogP contribution in [0.25, 0.3) is 0 Å². The standard InChI is InChI=1S/C19H19F3N2O3/c1-4-27-14-8-6-5-7-12(14)23-17(25)19(2,3)18(26)24-13-10-9-11(20)15(21)16(13)22/h5-10H,4H2,1-3H3,(H,23,25)(H,24,26). The van der Waals surface area contributed by atoms with Gasteiger partial charge in [-0.15, -0.1) is 0 Å². The molecular formula is C19H19F3N2O3. The SMILES string of the molecule is CCOc1ccccc1NC(=O)C(C)(C)C(=O)Nc1ccc(F)c(F)c1F. The van der Waals surface area contributed by atoms with Crippen LogP contribution in [0.1, 0.15) is 20.8 Å². The van der Waals surface area contributed by atoms with Gasteiger partial charge in [0.25, 0.3) is 0 Å². The molecule has 2 aromatic carbocycles. The molecule has 27 heavy (non-hydrogen) atoms. The summed E-state index contributed by atoms with van der Waals surface area (Å²) in [5, 5.41) is 4.70. The molecule has 0 bridgehead atoms. The van der Waals surface area contributed by atoms with Crippen LogP contribution < -0.4 is 15.4 Å². The minimum atomic E-state index is -1.71. The Kier molecular flexibility index (Phi) is 6.09. The quantitative estimate of drug-likeness (QED) is 0.586. The molecule has 2 amide bonds. The van der Waals surface area contributed by atoms with Gasteiger partial charge in [0, 0.05) is 0 Å². The molecule has 2 aromatic rings. The molecule has 0 aromatic heterocycles. The molecule has 0 heterocycles. The zero-order valence-corrected chi connectivity index (χ0v) is 15.0. The van der Waals surface area contributed by atoms with Gasteiger partial charge in [0.2, 0.25) is 11.8 Å². The van der Waals surface area contributed by atoms with Gasteiger partial charge in [-0.05, 0) is 45.0 Å². The van der Waals surface area contributed by atoms with Crippen LogP contribution in [0.2, 0.25) is 0 Å². The summed E-state index contributed by atoms with van der Waals surface area (Å²) in [6, 6.07) is 8.23. The van der Waals surface area contributed by atoms with E-state index in [0.717, 1.165) is 6.07 Å². The molecule has 0 aliphatic rings. The second-order valence-corrected chi connectivity index (χ2v) is 6.19. The lowest BCUT2D eigenvalue weighted by molar-refractivity contribution is -0.135. The van der Waals surface area contributed by atoms with Gasteiger partial charge in [0.15, 0.2) is 17.5 Å². The van der Waals surface area contributed by atoms with Crippen molar-refractivity contribution >= 4 is 23.2 Å². The number of hydrogen-bond acceptors (Lipinski definition) is 3. The first-order chi connectivity index (χ1) is 12.7. The molecular weight excluding hydrogens is 361 g/mol. The Morgan fingerprint density at radius 3 is 2.15 bits per heavy atom. The minimum absolute atomic E-state index is 0.365. The summed E-state index contributed by atoms with van der Waals surface area (Å²) in [5.74, 6) is -5.78. The maximum absolute atomic E-state index is 13.7. The second kappa shape index (κ2) is 8.11. The summed E-state index contributed by atoms with van der Waals surface area (Å²) in [5.41, 5.74) is -1.84. The number of halogens is 3. The lowest BCUT2D eigenvalue weighted by atomic mass is 9.90. The largest absolute Gasteiger partial charge is 0.492 e. The fraction of sp³-hybridized carbons (Fsp3) is 0.263. The number of anilines is 2. The highest BCUT2D eigenvalue weighted by Crippen LogP contribution is 2.28. The van der Waals surface area contributed by atoms with E-state index >= 15 is 0 Å². The minimum Gasteiger partial charge on any atom is -0.492 e. The van der Waals surface area contributed by atoms with Gasteiger partial charge >= 0.3 is 0 Å². The first-order valence-corrected chi connectivity index (χ1v) is 8.16. The Hall–Kier alpha value is -3.03. The summed E-state index contributed by atoms with van der Waals surface area (Å²) in [7, 11) is 0. The van der Waals surface area contributed by atoms with Crippen molar-refractivity contribution < 1.29 is 27.5 Å². The molecule has 5 nitrogen and oxygen atoms in total. The van der Waals surface area contributed by atoms with Crippen molar-refractivity contribution in [1.29, 1.82) is 0 Å².